The summed E-state index contributed by atoms with van der Waals surface area (Å²) < 4.78 is 5.42. The van der Waals surface area contributed by atoms with Crippen LogP contribution in [0.25, 0.3) is 0 Å². The molecule has 0 spiro atoms. The first-order chi connectivity index (χ1) is 9.75. The Morgan fingerprint density at radius 1 is 1.30 bits per heavy atom. The van der Waals surface area contributed by atoms with Gasteiger partial charge in [-0.15, -0.1) is 0 Å². The van der Waals surface area contributed by atoms with Crippen LogP contribution < -0.4 is 5.32 Å². The largest absolute Gasteiger partial charge is 0.467 e. The Bertz CT molecular complexity index is 598. The molecule has 1 aliphatic heterocycles. The SMILES string of the molecule is O=C(Nc1ccccc1Cl)N1CCCC1c1ccco1. The predicted molar refractivity (Wildman–Crippen MR) is 77.9 cm³/mol. The number of carbonyl (C=O) groups excluding carboxylic acids is 1. The smallest absolute Gasteiger partial charge is 0.322 e. The Hall–Kier alpha value is -1.94. The molecule has 1 saturated heterocycles. The number of halogens is 1. The van der Waals surface area contributed by atoms with E-state index in [4.69, 9.17) is 16.0 Å². The van der Waals surface area contributed by atoms with Gasteiger partial charge in [0, 0.05) is 6.54 Å². The third-order valence-corrected chi connectivity index (χ3v) is 3.83. The summed E-state index contributed by atoms with van der Waals surface area (Å²) in [5, 5.41) is 3.39. The number of benzene rings is 1. The Morgan fingerprint density at radius 2 is 2.15 bits per heavy atom. The van der Waals surface area contributed by atoms with E-state index in [2.05, 4.69) is 5.32 Å². The van der Waals surface area contributed by atoms with Gasteiger partial charge in [-0.2, -0.15) is 0 Å². The molecule has 0 bridgehead atoms. The Balaban J connectivity index is 1.75. The number of furan rings is 1. The molecule has 1 unspecified atom stereocenters. The molecule has 1 fully saturated rings. The first-order valence-corrected chi connectivity index (χ1v) is 6.99. The first-order valence-electron chi connectivity index (χ1n) is 6.61. The highest BCUT2D eigenvalue weighted by atomic mass is 35.5. The van der Waals surface area contributed by atoms with Crippen molar-refractivity contribution in [1.29, 1.82) is 0 Å². The van der Waals surface area contributed by atoms with Crippen molar-refractivity contribution in [3.8, 4) is 0 Å². The van der Waals surface area contributed by atoms with E-state index in [0.717, 1.165) is 25.1 Å². The molecule has 0 saturated carbocycles. The van der Waals surface area contributed by atoms with E-state index in [1.54, 1.807) is 23.3 Å². The highest BCUT2D eigenvalue weighted by molar-refractivity contribution is 6.33. The summed E-state index contributed by atoms with van der Waals surface area (Å²) in [6, 6.07) is 10.8. The highest BCUT2D eigenvalue weighted by Gasteiger charge is 2.31. The van der Waals surface area contributed by atoms with Crippen molar-refractivity contribution in [3.63, 3.8) is 0 Å². The number of urea groups is 1. The van der Waals surface area contributed by atoms with Crippen LogP contribution in [0.15, 0.2) is 47.1 Å². The zero-order chi connectivity index (χ0) is 13.9. The fourth-order valence-corrected chi connectivity index (χ4v) is 2.72. The molecule has 3 rings (SSSR count). The van der Waals surface area contributed by atoms with Crippen molar-refractivity contribution >= 4 is 23.3 Å². The minimum absolute atomic E-state index is 0.00693. The quantitative estimate of drug-likeness (QED) is 0.896. The lowest BCUT2D eigenvalue weighted by molar-refractivity contribution is 0.200. The monoisotopic (exact) mass is 290 g/mol. The van der Waals surface area contributed by atoms with Gasteiger partial charge in [-0.3, -0.25) is 0 Å². The summed E-state index contributed by atoms with van der Waals surface area (Å²) in [7, 11) is 0. The molecule has 20 heavy (non-hydrogen) atoms. The van der Waals surface area contributed by atoms with Crippen LogP contribution in [0, 0.1) is 0 Å². The van der Waals surface area contributed by atoms with Crippen molar-refractivity contribution in [2.45, 2.75) is 18.9 Å². The molecule has 1 aromatic heterocycles. The van der Waals surface area contributed by atoms with Gasteiger partial charge >= 0.3 is 6.03 Å². The van der Waals surface area contributed by atoms with E-state index in [9.17, 15) is 4.79 Å². The number of hydrogen-bond acceptors (Lipinski definition) is 2. The van der Waals surface area contributed by atoms with Crippen LogP contribution >= 0.6 is 11.6 Å². The number of para-hydroxylation sites is 1. The van der Waals surface area contributed by atoms with Gasteiger partial charge in [0.1, 0.15) is 5.76 Å². The minimum atomic E-state index is -0.142. The van der Waals surface area contributed by atoms with Gasteiger partial charge in [-0.05, 0) is 37.1 Å². The van der Waals surface area contributed by atoms with Crippen LogP contribution in [0.3, 0.4) is 0 Å². The van der Waals surface area contributed by atoms with Crippen LogP contribution in [-0.2, 0) is 0 Å². The zero-order valence-corrected chi connectivity index (χ0v) is 11.6. The summed E-state index contributed by atoms with van der Waals surface area (Å²) in [5.41, 5.74) is 0.629. The molecule has 4 nitrogen and oxygen atoms in total. The molecule has 104 valence electrons. The summed E-state index contributed by atoms with van der Waals surface area (Å²) in [5.74, 6) is 0.830. The van der Waals surface area contributed by atoms with E-state index in [0.29, 0.717) is 10.7 Å². The van der Waals surface area contributed by atoms with Gasteiger partial charge in [0.25, 0.3) is 0 Å². The number of nitrogens with one attached hydrogen (secondary N) is 1. The zero-order valence-electron chi connectivity index (χ0n) is 10.9. The molecule has 1 atom stereocenters. The van der Waals surface area contributed by atoms with E-state index in [-0.39, 0.29) is 12.1 Å². The Morgan fingerprint density at radius 3 is 2.90 bits per heavy atom. The lowest BCUT2D eigenvalue weighted by atomic mass is 10.2. The molecular weight excluding hydrogens is 276 g/mol. The van der Waals surface area contributed by atoms with Gasteiger partial charge < -0.3 is 14.6 Å². The fraction of sp³-hybridized carbons (Fsp3) is 0.267. The normalized spacial score (nSPS) is 18.2. The van der Waals surface area contributed by atoms with Crippen molar-refractivity contribution in [2.75, 3.05) is 11.9 Å². The predicted octanol–water partition coefficient (Wildman–Crippen LogP) is 4.30. The fourth-order valence-electron chi connectivity index (χ4n) is 2.54. The number of carbonyl (C=O) groups is 1. The van der Waals surface area contributed by atoms with Crippen molar-refractivity contribution in [1.82, 2.24) is 4.90 Å². The number of amides is 2. The van der Waals surface area contributed by atoms with E-state index in [1.807, 2.05) is 24.3 Å². The summed E-state index contributed by atoms with van der Waals surface area (Å²) in [6.45, 7) is 0.724. The maximum absolute atomic E-state index is 12.4. The summed E-state index contributed by atoms with van der Waals surface area (Å²) >= 11 is 6.06. The number of anilines is 1. The molecular formula is C15H15ClN2O2. The maximum Gasteiger partial charge on any atom is 0.322 e. The van der Waals surface area contributed by atoms with Gasteiger partial charge in [-0.1, -0.05) is 23.7 Å². The molecule has 0 aliphatic carbocycles. The van der Waals surface area contributed by atoms with Gasteiger partial charge in [0.15, 0.2) is 0 Å². The van der Waals surface area contributed by atoms with Crippen LogP contribution in [0.2, 0.25) is 5.02 Å². The number of nitrogens with zero attached hydrogens (tertiary/aromatic N) is 1. The van der Waals surface area contributed by atoms with Gasteiger partial charge in [0.05, 0.1) is 23.0 Å². The van der Waals surface area contributed by atoms with Crippen LogP contribution in [0.5, 0.6) is 0 Å². The second-order valence-electron chi connectivity index (χ2n) is 4.78. The lowest BCUT2D eigenvalue weighted by Crippen LogP contribution is -2.34. The number of likely N-dealkylation sites (tertiary alicyclic amines) is 1. The van der Waals surface area contributed by atoms with E-state index in [1.165, 1.54) is 0 Å². The average Bonchev–Trinajstić information content (AvgIpc) is 3.11. The second-order valence-corrected chi connectivity index (χ2v) is 5.18. The molecule has 1 N–H and O–H groups in total. The third kappa shape index (κ3) is 2.51. The van der Waals surface area contributed by atoms with E-state index >= 15 is 0 Å². The minimum Gasteiger partial charge on any atom is -0.467 e. The van der Waals surface area contributed by atoms with Crippen LogP contribution in [-0.4, -0.2) is 17.5 Å². The van der Waals surface area contributed by atoms with Crippen molar-refractivity contribution < 1.29 is 9.21 Å². The first kappa shape index (κ1) is 13.1. The highest BCUT2D eigenvalue weighted by Crippen LogP contribution is 2.33. The molecule has 5 heteroatoms. The van der Waals surface area contributed by atoms with E-state index < -0.39 is 0 Å². The van der Waals surface area contributed by atoms with Gasteiger partial charge in [0.2, 0.25) is 0 Å². The molecule has 2 amide bonds. The molecule has 1 aliphatic rings. The molecule has 0 radical (unpaired) electrons. The van der Waals surface area contributed by atoms with Gasteiger partial charge in [-0.25, -0.2) is 4.79 Å². The summed E-state index contributed by atoms with van der Waals surface area (Å²) in [6.07, 6.45) is 3.53. The topological polar surface area (TPSA) is 45.5 Å². The number of hydrogen-bond donors (Lipinski definition) is 1. The van der Waals surface area contributed by atoms with Crippen molar-refractivity contribution in [2.24, 2.45) is 0 Å². The maximum atomic E-state index is 12.4. The third-order valence-electron chi connectivity index (χ3n) is 3.50. The Labute approximate surface area is 122 Å². The summed E-state index contributed by atoms with van der Waals surface area (Å²) in [4.78, 5) is 14.2. The standard InChI is InChI=1S/C15H15ClN2O2/c16-11-5-1-2-6-12(11)17-15(19)18-9-3-7-13(18)14-8-4-10-20-14/h1-2,4-6,8,10,13H,3,7,9H2,(H,17,19). The number of rotatable bonds is 2. The Kier molecular flexibility index (Phi) is 3.65. The second kappa shape index (κ2) is 5.59. The molecule has 1 aromatic carbocycles. The van der Waals surface area contributed by atoms with Crippen molar-refractivity contribution in [3.05, 3.63) is 53.4 Å². The lowest BCUT2D eigenvalue weighted by Gasteiger charge is -2.23. The molecule has 2 heterocycles. The average molecular weight is 291 g/mol. The molecule has 2 aromatic rings. The van der Waals surface area contributed by atoms with Crippen LogP contribution in [0.1, 0.15) is 24.6 Å². The van der Waals surface area contributed by atoms with Crippen LogP contribution in [0.4, 0.5) is 10.5 Å².